The zero-order valence-electron chi connectivity index (χ0n) is 28.2. The molecule has 0 saturated heterocycles. The second kappa shape index (κ2) is 13.8. The molecule has 0 saturated carbocycles. The molecule has 0 aliphatic heterocycles. The maximum Gasteiger partial charge on any atom is 0.161 e. The predicted molar refractivity (Wildman–Crippen MR) is 189 cm³/mol. The maximum atomic E-state index is 4.50. The van der Waals surface area contributed by atoms with Crippen molar-refractivity contribution in [1.82, 2.24) is 23.5 Å². The molecule has 7 aromatic rings. The predicted octanol–water partition coefficient (Wildman–Crippen LogP) is 10.6. The van der Waals surface area contributed by atoms with E-state index < -0.39 is 0 Å². The minimum absolute atomic E-state index is 0. The van der Waals surface area contributed by atoms with E-state index in [2.05, 4.69) is 146 Å². The average molecular weight is 793 g/mol. The molecule has 3 heterocycles. The van der Waals surface area contributed by atoms with Gasteiger partial charge in [0.25, 0.3) is 0 Å². The first-order valence-electron chi connectivity index (χ1n) is 16.3. The molecule has 0 aliphatic rings. The molecule has 0 unspecified atom stereocenters. The van der Waals surface area contributed by atoms with Crippen molar-refractivity contribution >= 4 is 27.8 Å². The summed E-state index contributed by atoms with van der Waals surface area (Å²) in [5.74, 6) is 2.70. The third kappa shape index (κ3) is 6.24. The van der Waals surface area contributed by atoms with Crippen LogP contribution in [0.1, 0.15) is 101 Å². The van der Waals surface area contributed by atoms with E-state index in [1.54, 1.807) is 0 Å². The van der Waals surface area contributed by atoms with Gasteiger partial charge in [-0.05, 0) is 47.9 Å². The third-order valence-electron chi connectivity index (χ3n) is 8.72. The molecule has 5 nitrogen and oxygen atoms in total. The number of fused-ring (bicyclic) bond motifs is 5. The number of para-hydroxylation sites is 6. The summed E-state index contributed by atoms with van der Waals surface area (Å²) in [6.45, 7) is 18.3. The SMILES string of the molecule is CC(C)c1cccc(C(C)C)c1-n1ccn(-c2c(C(C)C)cccc2C(C)C)[cH+]1.[Au].c1ccc2c(c1)nc1[n-]c3ccccc3n12. The van der Waals surface area contributed by atoms with E-state index in [0.29, 0.717) is 23.7 Å². The Morgan fingerprint density at radius 2 is 0.978 bits per heavy atom. The first kappa shape index (κ1) is 33.5. The van der Waals surface area contributed by atoms with Gasteiger partial charge < -0.3 is 14.4 Å². The minimum Gasteiger partial charge on any atom is -0.366 e. The summed E-state index contributed by atoms with van der Waals surface area (Å²) < 4.78 is 6.75. The summed E-state index contributed by atoms with van der Waals surface area (Å²) in [4.78, 5) is 9.01. The van der Waals surface area contributed by atoms with Crippen LogP contribution >= 0.6 is 0 Å². The molecule has 46 heavy (non-hydrogen) atoms. The number of benzene rings is 4. The van der Waals surface area contributed by atoms with E-state index in [-0.39, 0.29) is 22.4 Å². The molecular formula is C40H45AuN5. The van der Waals surface area contributed by atoms with E-state index in [1.165, 1.54) is 33.6 Å². The summed E-state index contributed by atoms with van der Waals surface area (Å²) in [7, 11) is 0. The van der Waals surface area contributed by atoms with Crippen molar-refractivity contribution in [1.29, 1.82) is 0 Å². The second-order valence-electron chi connectivity index (χ2n) is 13.3. The molecule has 3 aromatic heterocycles. The number of rotatable bonds is 6. The molecule has 0 bridgehead atoms. The van der Waals surface area contributed by atoms with Crippen molar-refractivity contribution in [2.75, 3.05) is 0 Å². The first-order valence-corrected chi connectivity index (χ1v) is 16.3. The van der Waals surface area contributed by atoms with Gasteiger partial charge in [-0.3, -0.25) is 0 Å². The van der Waals surface area contributed by atoms with Crippen LogP contribution < -0.4 is 4.98 Å². The molecule has 1 radical (unpaired) electrons. The smallest absolute Gasteiger partial charge is 0.161 e. The van der Waals surface area contributed by atoms with Gasteiger partial charge in [0.15, 0.2) is 6.33 Å². The summed E-state index contributed by atoms with van der Waals surface area (Å²) in [6.07, 6.45) is 6.70. The number of nitrogens with zero attached hydrogens (tertiary/aromatic N) is 5. The first-order chi connectivity index (χ1) is 21.7. The Morgan fingerprint density at radius 1 is 0.543 bits per heavy atom. The molecular weight excluding hydrogens is 747 g/mol. The molecule has 7 rings (SSSR count). The van der Waals surface area contributed by atoms with Crippen LogP contribution in [0.2, 0.25) is 0 Å². The topological polar surface area (TPSA) is 41.3 Å². The van der Waals surface area contributed by atoms with Gasteiger partial charge in [0.1, 0.15) is 23.8 Å². The Labute approximate surface area is 288 Å². The van der Waals surface area contributed by atoms with Crippen LogP contribution in [0.5, 0.6) is 0 Å². The minimum atomic E-state index is 0. The number of aromatic nitrogens is 5. The Bertz CT molecular complexity index is 1890. The summed E-state index contributed by atoms with van der Waals surface area (Å²) in [5, 5.41) is 0. The Kier molecular flexibility index (Phi) is 10.1. The third-order valence-corrected chi connectivity index (χ3v) is 8.72. The van der Waals surface area contributed by atoms with Gasteiger partial charge in [-0.15, -0.1) is 0 Å². The van der Waals surface area contributed by atoms with Gasteiger partial charge in [-0.1, -0.05) is 116 Å². The standard InChI is InChI=1S/C27H37N2.C13H8N3.Au/c1-18(2)22-11-9-12-23(19(3)4)26(22)28-15-16-29(17-28)27-24(20(5)6)13-10-14-25(27)21(7)8;1-3-7-11-9(5-1)14-13-15-10-6-2-4-8-12(10)16(11)13;/h9-21H,1-8H3;1-8H;/q+1;-1;. The van der Waals surface area contributed by atoms with E-state index in [9.17, 15) is 0 Å². The second-order valence-corrected chi connectivity index (χ2v) is 13.3. The molecule has 0 amide bonds. The van der Waals surface area contributed by atoms with Gasteiger partial charge in [0.05, 0.1) is 0 Å². The Hall–Kier alpha value is -3.90. The quantitative estimate of drug-likeness (QED) is 0.124. The van der Waals surface area contributed by atoms with E-state index in [1.807, 2.05) is 36.4 Å². The van der Waals surface area contributed by atoms with Gasteiger partial charge in [-0.25, -0.2) is 9.13 Å². The van der Waals surface area contributed by atoms with E-state index in [4.69, 9.17) is 0 Å². The summed E-state index contributed by atoms with van der Waals surface area (Å²) >= 11 is 0. The van der Waals surface area contributed by atoms with Crippen LogP contribution in [0.4, 0.5) is 0 Å². The van der Waals surface area contributed by atoms with Crippen molar-refractivity contribution < 1.29 is 22.4 Å². The van der Waals surface area contributed by atoms with Crippen molar-refractivity contribution in [3.63, 3.8) is 0 Å². The van der Waals surface area contributed by atoms with Crippen LogP contribution in [0.25, 0.3) is 39.2 Å². The van der Waals surface area contributed by atoms with Crippen LogP contribution in [0, 0.1) is 0 Å². The molecule has 6 heteroatoms. The zero-order chi connectivity index (χ0) is 31.8. The fourth-order valence-corrected chi connectivity index (χ4v) is 6.42. The van der Waals surface area contributed by atoms with Gasteiger partial charge >= 0.3 is 0 Å². The van der Waals surface area contributed by atoms with E-state index in [0.717, 1.165) is 27.8 Å². The fraction of sp³-hybridized carbons (Fsp3) is 0.300. The number of hydrogen-bond acceptors (Lipinski definition) is 1. The van der Waals surface area contributed by atoms with E-state index >= 15 is 0 Å². The average Bonchev–Trinajstić information content (AvgIpc) is 3.74. The molecule has 0 fully saturated rings. The number of hydrogen-bond donors (Lipinski definition) is 0. The van der Waals surface area contributed by atoms with Crippen LogP contribution in [0.3, 0.4) is 0 Å². The Morgan fingerprint density at radius 3 is 1.46 bits per heavy atom. The van der Waals surface area contributed by atoms with Gasteiger partial charge in [0, 0.05) is 72.5 Å². The van der Waals surface area contributed by atoms with Crippen LogP contribution in [-0.4, -0.2) is 18.5 Å². The van der Waals surface area contributed by atoms with Crippen LogP contribution in [0.15, 0.2) is 104 Å². The summed E-state index contributed by atoms with van der Waals surface area (Å²) in [5.41, 5.74) is 12.5. The molecule has 4 aromatic carbocycles. The number of imidazole rings is 3. The fourth-order valence-electron chi connectivity index (χ4n) is 6.42. The molecule has 0 aliphatic carbocycles. The zero-order valence-corrected chi connectivity index (χ0v) is 30.3. The van der Waals surface area contributed by atoms with Crippen LogP contribution in [-0.2, 0) is 22.4 Å². The monoisotopic (exact) mass is 792 g/mol. The molecule has 241 valence electrons. The van der Waals surface area contributed by atoms with Crippen molar-refractivity contribution in [3.05, 3.63) is 126 Å². The normalized spacial score (nSPS) is 11.7. The van der Waals surface area contributed by atoms with Crippen molar-refractivity contribution in [2.24, 2.45) is 0 Å². The molecule has 0 atom stereocenters. The molecule has 0 N–H and O–H groups in total. The summed E-state index contributed by atoms with van der Waals surface area (Å²) in [6, 6.07) is 29.7. The van der Waals surface area contributed by atoms with Gasteiger partial charge in [0.2, 0.25) is 0 Å². The van der Waals surface area contributed by atoms with Crippen molar-refractivity contribution in [2.45, 2.75) is 79.1 Å². The maximum absolute atomic E-state index is 4.50. The largest absolute Gasteiger partial charge is 0.366 e. The van der Waals surface area contributed by atoms with Crippen molar-refractivity contribution in [3.8, 4) is 11.4 Å². The van der Waals surface area contributed by atoms with Gasteiger partial charge in [-0.2, -0.15) is 0 Å². The Balaban J connectivity index is 0.000000205. The molecule has 0 spiro atoms.